The number of fused-ring (bicyclic) bond motifs is 1. The Hall–Kier alpha value is -2.12. The van der Waals surface area contributed by atoms with E-state index in [1.165, 1.54) is 27.8 Å². The Labute approximate surface area is 191 Å². The number of hydrogen-bond donors (Lipinski definition) is 0. The Bertz CT molecular complexity index is 1060. The standard InChI is InChI=1S/C24H27F4N3.ClH/c1-23(2,3)17-6-4-16(5-7-17)15-30-12-10-19(11-13-30)31-21-9-8-18(25)14-20(21)29-22(31)24(26,27)28;/h4-9,14,19H,10-13,15H2,1-3H3;1H. The summed E-state index contributed by atoms with van der Waals surface area (Å²) in [7, 11) is 0. The van der Waals surface area contributed by atoms with Gasteiger partial charge in [0.05, 0.1) is 11.0 Å². The lowest BCUT2D eigenvalue weighted by Gasteiger charge is -2.34. The van der Waals surface area contributed by atoms with Crippen molar-refractivity contribution in [3.8, 4) is 0 Å². The van der Waals surface area contributed by atoms with Crippen LogP contribution in [0.4, 0.5) is 17.6 Å². The van der Waals surface area contributed by atoms with Gasteiger partial charge in [-0.2, -0.15) is 13.2 Å². The highest BCUT2D eigenvalue weighted by molar-refractivity contribution is 5.85. The van der Waals surface area contributed by atoms with E-state index in [0.29, 0.717) is 31.4 Å². The second kappa shape index (κ2) is 9.02. The van der Waals surface area contributed by atoms with Gasteiger partial charge in [0.2, 0.25) is 5.82 Å². The van der Waals surface area contributed by atoms with Crippen molar-refractivity contribution in [3.63, 3.8) is 0 Å². The van der Waals surface area contributed by atoms with Crippen LogP contribution in [-0.2, 0) is 18.1 Å². The minimum atomic E-state index is -4.58. The minimum absolute atomic E-state index is 0. The van der Waals surface area contributed by atoms with Crippen LogP contribution in [0.5, 0.6) is 0 Å². The van der Waals surface area contributed by atoms with Crippen molar-refractivity contribution >= 4 is 23.4 Å². The van der Waals surface area contributed by atoms with E-state index in [0.717, 1.165) is 12.6 Å². The van der Waals surface area contributed by atoms with Gasteiger partial charge < -0.3 is 4.57 Å². The third-order valence-electron chi connectivity index (χ3n) is 6.05. The van der Waals surface area contributed by atoms with E-state index in [1.54, 1.807) is 0 Å². The number of likely N-dealkylation sites (tertiary alicyclic amines) is 1. The van der Waals surface area contributed by atoms with Crippen LogP contribution < -0.4 is 0 Å². The van der Waals surface area contributed by atoms with Crippen LogP contribution >= 0.6 is 12.4 Å². The van der Waals surface area contributed by atoms with Crippen molar-refractivity contribution in [2.24, 2.45) is 0 Å². The zero-order chi connectivity index (χ0) is 22.4. The summed E-state index contributed by atoms with van der Waals surface area (Å²) in [6, 6.07) is 11.9. The molecule has 0 spiro atoms. The Morgan fingerprint density at radius 3 is 2.16 bits per heavy atom. The van der Waals surface area contributed by atoms with Gasteiger partial charge in [-0.05, 0) is 41.5 Å². The molecule has 0 amide bonds. The van der Waals surface area contributed by atoms with Gasteiger partial charge in [-0.1, -0.05) is 45.0 Å². The Balaban J connectivity index is 0.00000289. The van der Waals surface area contributed by atoms with E-state index in [9.17, 15) is 17.6 Å². The maximum Gasteiger partial charge on any atom is 0.449 e. The lowest BCUT2D eigenvalue weighted by atomic mass is 9.86. The van der Waals surface area contributed by atoms with Gasteiger partial charge in [0, 0.05) is 31.7 Å². The molecule has 8 heteroatoms. The van der Waals surface area contributed by atoms with Gasteiger partial charge in [-0.3, -0.25) is 4.90 Å². The molecular weight excluding hydrogens is 442 g/mol. The van der Waals surface area contributed by atoms with Crippen molar-refractivity contribution < 1.29 is 17.6 Å². The average molecular weight is 470 g/mol. The normalized spacial score (nSPS) is 16.3. The number of alkyl halides is 3. The molecule has 1 fully saturated rings. The summed E-state index contributed by atoms with van der Waals surface area (Å²) in [4.78, 5) is 5.99. The Morgan fingerprint density at radius 2 is 1.59 bits per heavy atom. The molecule has 3 nitrogen and oxygen atoms in total. The zero-order valence-corrected chi connectivity index (χ0v) is 19.2. The number of piperidine rings is 1. The zero-order valence-electron chi connectivity index (χ0n) is 18.4. The molecule has 1 aromatic heterocycles. The molecule has 4 rings (SSSR count). The molecule has 2 aromatic carbocycles. The summed E-state index contributed by atoms with van der Waals surface area (Å²) in [5.74, 6) is -1.53. The fourth-order valence-electron chi connectivity index (χ4n) is 4.35. The van der Waals surface area contributed by atoms with Crippen LogP contribution in [-0.4, -0.2) is 27.5 Å². The second-order valence-corrected chi connectivity index (χ2v) is 9.39. The van der Waals surface area contributed by atoms with Gasteiger partial charge in [0.25, 0.3) is 0 Å². The van der Waals surface area contributed by atoms with Gasteiger partial charge in [-0.25, -0.2) is 9.37 Å². The van der Waals surface area contributed by atoms with Crippen molar-refractivity contribution in [2.45, 2.75) is 57.8 Å². The number of nitrogens with zero attached hydrogens (tertiary/aromatic N) is 3. The molecule has 0 saturated carbocycles. The lowest BCUT2D eigenvalue weighted by molar-refractivity contribution is -0.148. The SMILES string of the molecule is CC(C)(C)c1ccc(CN2CCC(n3c(C(F)(F)F)nc4cc(F)ccc43)CC2)cc1.Cl. The molecule has 32 heavy (non-hydrogen) atoms. The molecule has 2 heterocycles. The first-order chi connectivity index (χ1) is 14.5. The summed E-state index contributed by atoms with van der Waals surface area (Å²) < 4.78 is 55.7. The molecule has 0 unspecified atom stereocenters. The van der Waals surface area contributed by atoms with E-state index in [2.05, 4.69) is 54.9 Å². The molecule has 3 aromatic rings. The first-order valence-corrected chi connectivity index (χ1v) is 10.6. The molecular formula is C24H28ClF4N3. The van der Waals surface area contributed by atoms with E-state index in [1.807, 2.05) is 0 Å². The van der Waals surface area contributed by atoms with E-state index in [4.69, 9.17) is 0 Å². The van der Waals surface area contributed by atoms with Crippen molar-refractivity contribution in [2.75, 3.05) is 13.1 Å². The number of benzene rings is 2. The number of halogens is 5. The van der Waals surface area contributed by atoms with E-state index < -0.39 is 17.8 Å². The van der Waals surface area contributed by atoms with E-state index in [-0.39, 0.29) is 29.4 Å². The second-order valence-electron chi connectivity index (χ2n) is 9.39. The summed E-state index contributed by atoms with van der Waals surface area (Å²) in [6.45, 7) is 8.70. The van der Waals surface area contributed by atoms with Crippen LogP contribution in [0.1, 0.15) is 56.6 Å². The van der Waals surface area contributed by atoms with Gasteiger partial charge in [0.1, 0.15) is 5.82 Å². The maximum absolute atomic E-state index is 13.6. The summed E-state index contributed by atoms with van der Waals surface area (Å²) >= 11 is 0. The molecule has 1 aliphatic heterocycles. The van der Waals surface area contributed by atoms with Crippen LogP contribution in [0.2, 0.25) is 0 Å². The van der Waals surface area contributed by atoms with E-state index >= 15 is 0 Å². The molecule has 0 atom stereocenters. The van der Waals surface area contributed by atoms with Crippen molar-refractivity contribution in [3.05, 3.63) is 65.2 Å². The van der Waals surface area contributed by atoms with Crippen LogP contribution in [0, 0.1) is 5.82 Å². The highest BCUT2D eigenvalue weighted by atomic mass is 35.5. The third kappa shape index (κ3) is 5.09. The first-order valence-electron chi connectivity index (χ1n) is 10.6. The average Bonchev–Trinajstić information content (AvgIpc) is 3.07. The fraction of sp³-hybridized carbons (Fsp3) is 0.458. The molecule has 0 bridgehead atoms. The maximum atomic E-state index is 13.6. The lowest BCUT2D eigenvalue weighted by Crippen LogP contribution is -2.35. The number of hydrogen-bond acceptors (Lipinski definition) is 2. The minimum Gasteiger partial charge on any atom is -0.317 e. The van der Waals surface area contributed by atoms with Gasteiger partial charge >= 0.3 is 6.18 Å². The van der Waals surface area contributed by atoms with Crippen molar-refractivity contribution in [1.82, 2.24) is 14.5 Å². The van der Waals surface area contributed by atoms with Gasteiger partial charge in [0.15, 0.2) is 0 Å². The third-order valence-corrected chi connectivity index (χ3v) is 6.05. The largest absolute Gasteiger partial charge is 0.449 e. The molecule has 1 saturated heterocycles. The van der Waals surface area contributed by atoms with Crippen molar-refractivity contribution in [1.29, 1.82) is 0 Å². The monoisotopic (exact) mass is 469 g/mol. The van der Waals surface area contributed by atoms with Crippen LogP contribution in [0.25, 0.3) is 11.0 Å². The summed E-state index contributed by atoms with van der Waals surface area (Å²) in [5, 5.41) is 0. The predicted octanol–water partition coefficient (Wildman–Crippen LogP) is 6.75. The topological polar surface area (TPSA) is 21.1 Å². The number of rotatable bonds is 3. The Morgan fingerprint density at radius 1 is 0.969 bits per heavy atom. The first kappa shape index (κ1) is 24.5. The summed E-state index contributed by atoms with van der Waals surface area (Å²) in [5.41, 5.74) is 2.96. The molecule has 174 valence electrons. The fourth-order valence-corrected chi connectivity index (χ4v) is 4.35. The van der Waals surface area contributed by atoms with Crippen LogP contribution in [0.3, 0.4) is 0 Å². The number of imidazole rings is 1. The molecule has 0 radical (unpaired) electrons. The quantitative estimate of drug-likeness (QED) is 0.395. The summed E-state index contributed by atoms with van der Waals surface area (Å²) in [6.07, 6.45) is -3.40. The Kier molecular flexibility index (Phi) is 6.91. The number of aromatic nitrogens is 2. The molecule has 0 N–H and O–H groups in total. The molecule has 1 aliphatic rings. The predicted molar refractivity (Wildman–Crippen MR) is 121 cm³/mol. The highest BCUT2D eigenvalue weighted by Gasteiger charge is 2.40. The highest BCUT2D eigenvalue weighted by Crippen LogP contribution is 2.37. The molecule has 0 aliphatic carbocycles. The van der Waals surface area contributed by atoms with Crippen LogP contribution in [0.15, 0.2) is 42.5 Å². The smallest absolute Gasteiger partial charge is 0.317 e. The van der Waals surface area contributed by atoms with Gasteiger partial charge in [-0.15, -0.1) is 12.4 Å².